The molecule has 0 radical (unpaired) electrons. The average molecular weight is 324 g/mol. The minimum absolute atomic E-state index is 0.0257. The molecule has 0 saturated heterocycles. The van der Waals surface area contributed by atoms with Crippen molar-refractivity contribution in [3.63, 3.8) is 0 Å². The van der Waals surface area contributed by atoms with Crippen molar-refractivity contribution in [3.05, 3.63) is 65.0 Å². The maximum Gasteiger partial charge on any atom is 0.229 e. The smallest absolute Gasteiger partial charge is 0.229 e. The lowest BCUT2D eigenvalue weighted by molar-refractivity contribution is -0.124. The van der Waals surface area contributed by atoms with Crippen LogP contribution in [0.1, 0.15) is 41.1 Å². The van der Waals surface area contributed by atoms with Crippen molar-refractivity contribution >= 4 is 5.91 Å². The monoisotopic (exact) mass is 324 g/mol. The summed E-state index contributed by atoms with van der Waals surface area (Å²) in [6, 6.07) is 11.8. The van der Waals surface area contributed by atoms with Crippen molar-refractivity contribution in [3.8, 4) is 0 Å². The molecule has 1 amide bonds. The van der Waals surface area contributed by atoms with Gasteiger partial charge in [-0.05, 0) is 55.4 Å². The lowest BCUT2D eigenvalue weighted by atomic mass is 9.86. The standard InChI is InChI=1S/C20H24N2O2/c1-14-6-2-3-7-16(14)12-17(13-23)22-20(24)18-10-4-8-15-9-5-11-21-19(15)18/h2-3,5-7,9,11,17-18,23H,4,8,10,12-13H2,1H3,(H,22,24)/t17-,18-/m1/s1. The maximum atomic E-state index is 12.7. The SMILES string of the molecule is Cc1ccccc1C[C@H](CO)NC(=O)[C@@H]1CCCc2cccnc21. The molecule has 0 saturated carbocycles. The molecule has 2 N–H and O–H groups in total. The molecule has 1 aromatic heterocycles. The zero-order valence-electron chi connectivity index (χ0n) is 14.0. The third kappa shape index (κ3) is 3.65. The fraction of sp³-hybridized carbons (Fsp3) is 0.400. The van der Waals surface area contributed by atoms with Crippen LogP contribution in [0.2, 0.25) is 0 Å². The Bertz CT molecular complexity index is 714. The summed E-state index contributed by atoms with van der Waals surface area (Å²) in [5.74, 6) is -0.233. The number of aryl methyl sites for hydroxylation is 2. The molecule has 0 spiro atoms. The molecule has 0 aliphatic heterocycles. The third-order valence-electron chi connectivity index (χ3n) is 4.81. The van der Waals surface area contributed by atoms with Crippen LogP contribution < -0.4 is 5.32 Å². The first-order valence-corrected chi connectivity index (χ1v) is 8.58. The predicted molar refractivity (Wildman–Crippen MR) is 93.8 cm³/mol. The number of carbonyl (C=O) groups excluding carboxylic acids is 1. The molecule has 1 heterocycles. The van der Waals surface area contributed by atoms with E-state index in [1.807, 2.05) is 37.3 Å². The van der Waals surface area contributed by atoms with Crippen molar-refractivity contribution < 1.29 is 9.90 Å². The fourth-order valence-electron chi connectivity index (χ4n) is 3.43. The number of fused-ring (bicyclic) bond motifs is 1. The maximum absolute atomic E-state index is 12.7. The molecule has 1 aliphatic rings. The van der Waals surface area contributed by atoms with Gasteiger partial charge in [-0.2, -0.15) is 0 Å². The molecule has 1 aromatic carbocycles. The van der Waals surface area contributed by atoms with Crippen molar-refractivity contribution in [2.24, 2.45) is 0 Å². The van der Waals surface area contributed by atoms with Gasteiger partial charge in [0.05, 0.1) is 24.3 Å². The largest absolute Gasteiger partial charge is 0.394 e. The molecule has 1 aliphatic carbocycles. The van der Waals surface area contributed by atoms with E-state index < -0.39 is 0 Å². The number of aliphatic hydroxyl groups is 1. The van der Waals surface area contributed by atoms with E-state index in [9.17, 15) is 9.90 Å². The third-order valence-corrected chi connectivity index (χ3v) is 4.81. The van der Waals surface area contributed by atoms with Gasteiger partial charge in [0.15, 0.2) is 0 Å². The van der Waals surface area contributed by atoms with Crippen LogP contribution in [0.25, 0.3) is 0 Å². The zero-order valence-corrected chi connectivity index (χ0v) is 14.0. The van der Waals surface area contributed by atoms with Gasteiger partial charge in [0.25, 0.3) is 0 Å². The van der Waals surface area contributed by atoms with Crippen LogP contribution in [0.15, 0.2) is 42.6 Å². The number of nitrogens with zero attached hydrogens (tertiary/aromatic N) is 1. The molecule has 0 unspecified atom stereocenters. The van der Waals surface area contributed by atoms with Crippen LogP contribution in [-0.2, 0) is 17.6 Å². The van der Waals surface area contributed by atoms with Gasteiger partial charge in [-0.25, -0.2) is 0 Å². The summed E-state index contributed by atoms with van der Waals surface area (Å²) in [4.78, 5) is 17.2. The van der Waals surface area contributed by atoms with E-state index in [2.05, 4.69) is 16.4 Å². The summed E-state index contributed by atoms with van der Waals surface area (Å²) in [6.07, 6.45) is 5.19. The Hall–Kier alpha value is -2.20. The minimum atomic E-state index is -0.271. The Morgan fingerprint density at radius 2 is 2.17 bits per heavy atom. The predicted octanol–water partition coefficient (Wildman–Crippen LogP) is 2.53. The van der Waals surface area contributed by atoms with Crippen LogP contribution >= 0.6 is 0 Å². The molecule has 0 fully saturated rings. The minimum Gasteiger partial charge on any atom is -0.394 e. The van der Waals surface area contributed by atoms with Gasteiger partial charge in [0.2, 0.25) is 5.91 Å². The Morgan fingerprint density at radius 3 is 2.96 bits per heavy atom. The van der Waals surface area contributed by atoms with Gasteiger partial charge in [0, 0.05) is 6.20 Å². The van der Waals surface area contributed by atoms with E-state index in [1.54, 1.807) is 6.20 Å². The zero-order chi connectivity index (χ0) is 16.9. The number of nitrogens with one attached hydrogen (secondary N) is 1. The molecule has 4 nitrogen and oxygen atoms in total. The van der Waals surface area contributed by atoms with Crippen molar-refractivity contribution in [1.29, 1.82) is 0 Å². The molecular formula is C20H24N2O2. The summed E-state index contributed by atoms with van der Waals surface area (Å²) in [7, 11) is 0. The highest BCUT2D eigenvalue weighted by Gasteiger charge is 2.28. The van der Waals surface area contributed by atoms with Crippen molar-refractivity contribution in [1.82, 2.24) is 10.3 Å². The Labute approximate surface area is 142 Å². The Morgan fingerprint density at radius 1 is 1.33 bits per heavy atom. The molecule has 126 valence electrons. The molecular weight excluding hydrogens is 300 g/mol. The first-order valence-electron chi connectivity index (χ1n) is 8.58. The van der Waals surface area contributed by atoms with E-state index in [4.69, 9.17) is 0 Å². The first-order chi connectivity index (χ1) is 11.7. The van der Waals surface area contributed by atoms with Gasteiger partial charge in [-0.1, -0.05) is 30.3 Å². The van der Waals surface area contributed by atoms with E-state index in [0.29, 0.717) is 6.42 Å². The topological polar surface area (TPSA) is 62.2 Å². The van der Waals surface area contributed by atoms with Crippen molar-refractivity contribution in [2.75, 3.05) is 6.61 Å². The molecule has 0 bridgehead atoms. The van der Waals surface area contributed by atoms with Crippen LogP contribution in [0.4, 0.5) is 0 Å². The molecule has 4 heteroatoms. The number of benzene rings is 1. The second-order valence-electron chi connectivity index (χ2n) is 6.51. The highest BCUT2D eigenvalue weighted by Crippen LogP contribution is 2.30. The van der Waals surface area contributed by atoms with E-state index in [1.165, 1.54) is 11.1 Å². The lowest BCUT2D eigenvalue weighted by Crippen LogP contribution is -2.42. The highest BCUT2D eigenvalue weighted by molar-refractivity contribution is 5.84. The van der Waals surface area contributed by atoms with E-state index in [0.717, 1.165) is 30.5 Å². The Balaban J connectivity index is 1.71. The Kier molecular flexibility index (Phi) is 5.26. The van der Waals surface area contributed by atoms with Crippen LogP contribution in [0.3, 0.4) is 0 Å². The van der Waals surface area contributed by atoms with Gasteiger partial charge < -0.3 is 10.4 Å². The van der Waals surface area contributed by atoms with Gasteiger partial charge in [-0.3, -0.25) is 9.78 Å². The van der Waals surface area contributed by atoms with Gasteiger partial charge >= 0.3 is 0 Å². The number of hydrogen-bond donors (Lipinski definition) is 2. The number of rotatable bonds is 5. The van der Waals surface area contributed by atoms with E-state index >= 15 is 0 Å². The molecule has 3 rings (SSSR count). The number of amides is 1. The van der Waals surface area contributed by atoms with Gasteiger partial charge in [-0.15, -0.1) is 0 Å². The highest BCUT2D eigenvalue weighted by atomic mass is 16.3. The summed E-state index contributed by atoms with van der Waals surface area (Å²) < 4.78 is 0. The van der Waals surface area contributed by atoms with Gasteiger partial charge in [0.1, 0.15) is 0 Å². The summed E-state index contributed by atoms with van der Waals surface area (Å²) in [6.45, 7) is 1.98. The first kappa shape index (κ1) is 16.7. The van der Waals surface area contributed by atoms with Crippen molar-refractivity contribution in [2.45, 2.75) is 44.6 Å². The number of carbonyl (C=O) groups is 1. The van der Waals surface area contributed by atoms with Crippen LogP contribution in [-0.4, -0.2) is 28.6 Å². The van der Waals surface area contributed by atoms with Crippen LogP contribution in [0, 0.1) is 6.92 Å². The number of aromatic nitrogens is 1. The summed E-state index contributed by atoms with van der Waals surface area (Å²) >= 11 is 0. The molecule has 2 aromatic rings. The summed E-state index contributed by atoms with van der Waals surface area (Å²) in [5, 5.41) is 12.7. The normalized spacial score (nSPS) is 17.8. The summed E-state index contributed by atoms with van der Waals surface area (Å²) in [5.41, 5.74) is 4.39. The fourth-order valence-corrected chi connectivity index (χ4v) is 3.43. The number of aliphatic hydroxyl groups excluding tert-OH is 1. The quantitative estimate of drug-likeness (QED) is 0.888. The lowest BCUT2D eigenvalue weighted by Gasteiger charge is -2.26. The number of pyridine rings is 1. The second-order valence-corrected chi connectivity index (χ2v) is 6.51. The second kappa shape index (κ2) is 7.58. The van der Waals surface area contributed by atoms with Crippen LogP contribution in [0.5, 0.6) is 0 Å². The number of hydrogen-bond acceptors (Lipinski definition) is 3. The molecule has 2 atom stereocenters. The van der Waals surface area contributed by atoms with E-state index in [-0.39, 0.29) is 24.5 Å². The molecule has 24 heavy (non-hydrogen) atoms. The average Bonchev–Trinajstić information content (AvgIpc) is 2.62.